The van der Waals surface area contributed by atoms with Gasteiger partial charge in [0.2, 0.25) is 5.88 Å². The van der Waals surface area contributed by atoms with E-state index in [1.54, 1.807) is 38.1 Å². The van der Waals surface area contributed by atoms with E-state index in [0.717, 1.165) is 11.6 Å². The van der Waals surface area contributed by atoms with Crippen molar-refractivity contribution >= 4 is 40.9 Å². The Hall–Kier alpha value is -3.34. The molecule has 3 rings (SSSR count). The molecule has 0 aliphatic carbocycles. The minimum Gasteiger partial charge on any atom is -0.462 e. The molecule has 2 aromatic heterocycles. The van der Waals surface area contributed by atoms with Gasteiger partial charge in [-0.1, -0.05) is 29.3 Å². The third kappa shape index (κ3) is 4.30. The Labute approximate surface area is 181 Å². The van der Waals surface area contributed by atoms with Gasteiger partial charge in [-0.15, -0.1) is 0 Å². The molecule has 0 saturated carbocycles. The van der Waals surface area contributed by atoms with Crippen molar-refractivity contribution < 1.29 is 14.3 Å². The van der Waals surface area contributed by atoms with Gasteiger partial charge >= 0.3 is 5.97 Å². The number of carbonyl (C=O) groups excluding carboxylic acids is 1. The van der Waals surface area contributed by atoms with E-state index in [9.17, 15) is 14.9 Å². The van der Waals surface area contributed by atoms with Gasteiger partial charge in [-0.25, -0.2) is 4.79 Å². The summed E-state index contributed by atoms with van der Waals surface area (Å²) in [6, 6.07) is 9.79. The molecule has 2 heterocycles. The molecule has 30 heavy (non-hydrogen) atoms. The van der Waals surface area contributed by atoms with Crippen molar-refractivity contribution in [3.8, 4) is 17.7 Å². The van der Waals surface area contributed by atoms with Gasteiger partial charge in [0.25, 0.3) is 5.56 Å². The van der Waals surface area contributed by atoms with Crippen molar-refractivity contribution in [2.45, 2.75) is 13.8 Å². The number of aryl methyl sites for hydroxylation is 1. The molecule has 0 N–H and O–H groups in total. The molecule has 0 aliphatic rings. The summed E-state index contributed by atoms with van der Waals surface area (Å²) in [6.45, 7) is 3.48. The normalized spacial score (nSPS) is 11.2. The molecule has 0 amide bonds. The van der Waals surface area contributed by atoms with E-state index >= 15 is 0 Å². The van der Waals surface area contributed by atoms with Gasteiger partial charge in [-0.3, -0.25) is 9.20 Å². The first-order valence-corrected chi connectivity index (χ1v) is 9.55. The molecule has 7 nitrogen and oxygen atoms in total. The lowest BCUT2D eigenvalue weighted by Crippen LogP contribution is -2.20. The zero-order valence-electron chi connectivity index (χ0n) is 16.0. The van der Waals surface area contributed by atoms with Crippen LogP contribution in [0.15, 0.2) is 46.9 Å². The zero-order chi connectivity index (χ0) is 21.8. The van der Waals surface area contributed by atoms with Crippen molar-refractivity contribution in [3.05, 3.63) is 73.6 Å². The Kier molecular flexibility index (Phi) is 6.40. The maximum Gasteiger partial charge on any atom is 0.348 e. The van der Waals surface area contributed by atoms with Crippen LogP contribution in [0.25, 0.3) is 11.7 Å². The van der Waals surface area contributed by atoms with Crippen LogP contribution in [-0.4, -0.2) is 22.0 Å². The minimum atomic E-state index is -0.857. The smallest absolute Gasteiger partial charge is 0.348 e. The van der Waals surface area contributed by atoms with Crippen LogP contribution >= 0.6 is 23.2 Å². The molecular weight excluding hydrogens is 429 g/mol. The predicted molar refractivity (Wildman–Crippen MR) is 113 cm³/mol. The molecule has 0 fully saturated rings. The summed E-state index contributed by atoms with van der Waals surface area (Å²) >= 11 is 12.1. The van der Waals surface area contributed by atoms with E-state index in [-0.39, 0.29) is 34.4 Å². The van der Waals surface area contributed by atoms with Crippen LogP contribution in [0.2, 0.25) is 10.0 Å². The average Bonchev–Trinajstić information content (AvgIpc) is 2.71. The van der Waals surface area contributed by atoms with E-state index in [1.165, 1.54) is 22.7 Å². The Morgan fingerprint density at radius 1 is 1.33 bits per heavy atom. The number of ether oxygens (including phenoxy) is 2. The first-order chi connectivity index (χ1) is 14.3. The molecule has 9 heteroatoms. The van der Waals surface area contributed by atoms with Gasteiger partial charge in [0.1, 0.15) is 28.6 Å². The van der Waals surface area contributed by atoms with E-state index < -0.39 is 11.5 Å². The number of pyridine rings is 1. The fraction of sp³-hybridized carbons (Fsp3) is 0.143. The van der Waals surface area contributed by atoms with Crippen molar-refractivity contribution in [3.63, 3.8) is 0 Å². The van der Waals surface area contributed by atoms with Gasteiger partial charge in [0, 0.05) is 11.2 Å². The second-order valence-electron chi connectivity index (χ2n) is 6.09. The molecule has 0 saturated heterocycles. The average molecular weight is 444 g/mol. The fourth-order valence-corrected chi connectivity index (χ4v) is 3.09. The maximum atomic E-state index is 13.1. The quantitative estimate of drug-likeness (QED) is 0.325. The van der Waals surface area contributed by atoms with Crippen LogP contribution in [0.1, 0.15) is 18.1 Å². The lowest BCUT2D eigenvalue weighted by molar-refractivity contribution is -0.137. The number of fused-ring (bicyclic) bond motifs is 1. The third-order valence-corrected chi connectivity index (χ3v) is 4.58. The summed E-state index contributed by atoms with van der Waals surface area (Å²) in [4.78, 5) is 29.6. The van der Waals surface area contributed by atoms with Crippen LogP contribution in [0.3, 0.4) is 0 Å². The summed E-state index contributed by atoms with van der Waals surface area (Å²) in [6.07, 6.45) is 2.63. The monoisotopic (exact) mass is 443 g/mol. The summed E-state index contributed by atoms with van der Waals surface area (Å²) < 4.78 is 12.0. The number of hydrogen-bond acceptors (Lipinski definition) is 6. The first-order valence-electron chi connectivity index (χ1n) is 8.79. The van der Waals surface area contributed by atoms with Gasteiger partial charge in [-0.2, -0.15) is 10.2 Å². The minimum absolute atomic E-state index is 0.0791. The first kappa shape index (κ1) is 21.4. The number of nitrogens with zero attached hydrogens (tertiary/aromatic N) is 3. The summed E-state index contributed by atoms with van der Waals surface area (Å²) in [5, 5.41) is 9.97. The molecule has 1 aromatic carbocycles. The largest absolute Gasteiger partial charge is 0.462 e. The maximum absolute atomic E-state index is 13.1. The predicted octanol–water partition coefficient (Wildman–Crippen LogP) is 4.57. The molecule has 0 radical (unpaired) electrons. The number of nitriles is 1. The molecule has 3 aromatic rings. The third-order valence-electron chi connectivity index (χ3n) is 4.05. The van der Waals surface area contributed by atoms with Gasteiger partial charge < -0.3 is 9.47 Å². The van der Waals surface area contributed by atoms with E-state index in [0.29, 0.717) is 10.7 Å². The van der Waals surface area contributed by atoms with Crippen molar-refractivity contribution in [1.29, 1.82) is 5.26 Å². The Morgan fingerprint density at radius 3 is 2.77 bits per heavy atom. The van der Waals surface area contributed by atoms with Crippen molar-refractivity contribution in [1.82, 2.24) is 9.38 Å². The lowest BCUT2D eigenvalue weighted by Gasteiger charge is -2.12. The van der Waals surface area contributed by atoms with E-state index in [2.05, 4.69) is 4.98 Å². The number of benzene rings is 1. The lowest BCUT2D eigenvalue weighted by atomic mass is 10.2. The summed E-state index contributed by atoms with van der Waals surface area (Å²) in [5.41, 5.74) is 0.0856. The van der Waals surface area contributed by atoms with Gasteiger partial charge in [0.15, 0.2) is 0 Å². The van der Waals surface area contributed by atoms with Crippen LogP contribution in [0.5, 0.6) is 11.6 Å². The Morgan fingerprint density at radius 2 is 2.10 bits per heavy atom. The molecule has 0 bridgehead atoms. The SMILES string of the molecule is CCOC(=O)/C(C#N)=C/c1c(Oc2ccc(Cl)cc2Cl)nc2c(C)cccn2c1=O. The topological polar surface area (TPSA) is 93.7 Å². The molecule has 152 valence electrons. The number of esters is 1. The number of halogens is 2. The second kappa shape index (κ2) is 8.99. The number of hydrogen-bond donors (Lipinski definition) is 0. The highest BCUT2D eigenvalue weighted by molar-refractivity contribution is 6.35. The number of carbonyl (C=O) groups is 1. The Bertz CT molecular complexity index is 1280. The van der Waals surface area contributed by atoms with E-state index in [1.807, 2.05) is 0 Å². The molecule has 0 spiro atoms. The zero-order valence-corrected chi connectivity index (χ0v) is 17.5. The van der Waals surface area contributed by atoms with Crippen LogP contribution in [-0.2, 0) is 9.53 Å². The van der Waals surface area contributed by atoms with Gasteiger partial charge in [0.05, 0.1) is 11.6 Å². The summed E-state index contributed by atoms with van der Waals surface area (Å²) in [5.74, 6) is -0.769. The van der Waals surface area contributed by atoms with Crippen molar-refractivity contribution in [2.24, 2.45) is 0 Å². The molecular formula is C21H15Cl2N3O4. The van der Waals surface area contributed by atoms with Crippen molar-refractivity contribution in [2.75, 3.05) is 6.61 Å². The van der Waals surface area contributed by atoms with Crippen LogP contribution in [0, 0.1) is 18.3 Å². The highest BCUT2D eigenvalue weighted by Gasteiger charge is 2.19. The number of rotatable bonds is 5. The summed E-state index contributed by atoms with van der Waals surface area (Å²) in [7, 11) is 0. The Balaban J connectivity index is 2.27. The fourth-order valence-electron chi connectivity index (χ4n) is 2.65. The second-order valence-corrected chi connectivity index (χ2v) is 6.93. The highest BCUT2D eigenvalue weighted by atomic mass is 35.5. The van der Waals surface area contributed by atoms with Crippen LogP contribution in [0.4, 0.5) is 0 Å². The highest BCUT2D eigenvalue weighted by Crippen LogP contribution is 2.32. The molecule has 0 atom stereocenters. The van der Waals surface area contributed by atoms with Crippen LogP contribution < -0.4 is 10.3 Å². The number of aromatic nitrogens is 2. The molecule has 0 aliphatic heterocycles. The van der Waals surface area contributed by atoms with E-state index in [4.69, 9.17) is 32.7 Å². The molecule has 0 unspecified atom stereocenters. The standard InChI is InChI=1S/C21H15Cl2N3O4/c1-3-29-21(28)13(11-24)9-15-19(30-17-7-6-14(22)10-16(17)23)25-18-12(2)5-4-8-26(18)20(15)27/h4-10H,3H2,1-2H3/b13-9+. The van der Waals surface area contributed by atoms with Gasteiger partial charge in [-0.05, 0) is 49.8 Å².